The maximum atomic E-state index is 12.3. The molecule has 0 fully saturated rings. The second kappa shape index (κ2) is 6.57. The lowest BCUT2D eigenvalue weighted by molar-refractivity contribution is 0.174. The summed E-state index contributed by atoms with van der Waals surface area (Å²) in [6, 6.07) is 16.4. The minimum Gasteiger partial charge on any atom is -0.506 e. The second-order valence-electron chi connectivity index (χ2n) is 5.45. The van der Waals surface area contributed by atoms with Crippen LogP contribution in [-0.4, -0.2) is 11.9 Å². The molecule has 0 amide bonds. The first-order chi connectivity index (χ1) is 12.2. The Morgan fingerprint density at radius 2 is 1.80 bits per heavy atom. The van der Waals surface area contributed by atoms with Gasteiger partial charge in [-0.3, -0.25) is 0 Å². The van der Waals surface area contributed by atoms with Gasteiger partial charge in [-0.1, -0.05) is 30.3 Å². The molecular weight excluding hydrogens is 340 g/mol. The summed E-state index contributed by atoms with van der Waals surface area (Å²) in [5, 5.41) is 10.3. The molecule has 0 aliphatic carbocycles. The van der Waals surface area contributed by atoms with Gasteiger partial charge in [-0.15, -0.1) is 11.8 Å². The van der Waals surface area contributed by atoms with E-state index in [1.807, 2.05) is 30.3 Å². The highest BCUT2D eigenvalue weighted by Crippen LogP contribution is 2.37. The van der Waals surface area contributed by atoms with Crippen molar-refractivity contribution in [2.75, 3.05) is 6.79 Å². The number of hydrogen-bond acceptors (Lipinski definition) is 6. The van der Waals surface area contributed by atoms with Crippen LogP contribution in [0.4, 0.5) is 0 Å². The van der Waals surface area contributed by atoms with Gasteiger partial charge in [-0.25, -0.2) is 4.79 Å². The summed E-state index contributed by atoms with van der Waals surface area (Å²) in [7, 11) is 0. The quantitative estimate of drug-likeness (QED) is 0.713. The van der Waals surface area contributed by atoms with Crippen molar-refractivity contribution in [1.82, 2.24) is 0 Å². The molecule has 1 aromatic heterocycles. The van der Waals surface area contributed by atoms with Gasteiger partial charge in [0.15, 0.2) is 11.5 Å². The Labute approximate surface area is 147 Å². The Kier molecular flexibility index (Phi) is 4.11. The van der Waals surface area contributed by atoms with E-state index in [9.17, 15) is 9.90 Å². The van der Waals surface area contributed by atoms with Crippen LogP contribution >= 0.6 is 11.8 Å². The SMILES string of the molecule is O=c1oc(-c2ccc3c(c2)OCO3)cc(O)c1SCc1ccccc1. The fourth-order valence-corrected chi connectivity index (χ4v) is 3.39. The van der Waals surface area contributed by atoms with Gasteiger partial charge >= 0.3 is 5.63 Å². The van der Waals surface area contributed by atoms with Gasteiger partial charge in [0.25, 0.3) is 0 Å². The van der Waals surface area contributed by atoms with E-state index in [-0.39, 0.29) is 23.2 Å². The van der Waals surface area contributed by atoms with E-state index in [4.69, 9.17) is 13.9 Å². The van der Waals surface area contributed by atoms with Crippen LogP contribution < -0.4 is 15.1 Å². The Bertz CT molecular complexity index is 965. The van der Waals surface area contributed by atoms with Gasteiger partial charge in [0.05, 0.1) is 0 Å². The lowest BCUT2D eigenvalue weighted by atomic mass is 10.1. The van der Waals surface area contributed by atoms with Crippen molar-refractivity contribution in [2.45, 2.75) is 10.6 Å². The number of hydrogen-bond donors (Lipinski definition) is 1. The predicted octanol–water partition coefficient (Wildman–Crippen LogP) is 4.03. The van der Waals surface area contributed by atoms with Crippen LogP contribution in [0.3, 0.4) is 0 Å². The highest BCUT2D eigenvalue weighted by molar-refractivity contribution is 7.98. The topological polar surface area (TPSA) is 68.9 Å². The zero-order chi connectivity index (χ0) is 17.2. The summed E-state index contributed by atoms with van der Waals surface area (Å²) in [5.74, 6) is 1.99. The smallest absolute Gasteiger partial charge is 0.353 e. The number of fused-ring (bicyclic) bond motifs is 1. The van der Waals surface area contributed by atoms with Crippen LogP contribution in [-0.2, 0) is 5.75 Å². The van der Waals surface area contributed by atoms with Crippen molar-refractivity contribution in [3.8, 4) is 28.6 Å². The van der Waals surface area contributed by atoms with Crippen LogP contribution in [0.1, 0.15) is 5.56 Å². The van der Waals surface area contributed by atoms with Crippen LogP contribution in [0.15, 0.2) is 68.7 Å². The van der Waals surface area contributed by atoms with E-state index in [1.165, 1.54) is 17.8 Å². The Hall–Kier alpha value is -2.86. The van der Waals surface area contributed by atoms with E-state index in [1.54, 1.807) is 18.2 Å². The van der Waals surface area contributed by atoms with Gasteiger partial charge in [0.1, 0.15) is 16.4 Å². The first-order valence-electron chi connectivity index (χ1n) is 7.64. The van der Waals surface area contributed by atoms with Crippen LogP contribution in [0.5, 0.6) is 17.2 Å². The fraction of sp³-hybridized carbons (Fsp3) is 0.105. The minimum atomic E-state index is -0.561. The fourth-order valence-electron chi connectivity index (χ4n) is 2.52. The monoisotopic (exact) mass is 354 g/mol. The number of thioether (sulfide) groups is 1. The molecule has 0 bridgehead atoms. The number of benzene rings is 2. The maximum absolute atomic E-state index is 12.3. The normalized spacial score (nSPS) is 12.3. The molecule has 5 nitrogen and oxygen atoms in total. The molecule has 126 valence electrons. The third kappa shape index (κ3) is 3.21. The Morgan fingerprint density at radius 1 is 1.00 bits per heavy atom. The van der Waals surface area contributed by atoms with Gasteiger partial charge in [0, 0.05) is 17.4 Å². The Morgan fingerprint density at radius 3 is 2.60 bits per heavy atom. The molecule has 0 saturated heterocycles. The molecule has 1 aliphatic rings. The lowest BCUT2D eigenvalue weighted by Crippen LogP contribution is -2.03. The van der Waals surface area contributed by atoms with Crippen molar-refractivity contribution >= 4 is 11.8 Å². The maximum Gasteiger partial charge on any atom is 0.353 e. The summed E-state index contributed by atoms with van der Waals surface area (Å²) in [6.07, 6.45) is 0. The van der Waals surface area contributed by atoms with Crippen molar-refractivity contribution in [3.63, 3.8) is 0 Å². The molecule has 6 heteroatoms. The van der Waals surface area contributed by atoms with Crippen molar-refractivity contribution in [1.29, 1.82) is 0 Å². The molecule has 1 aliphatic heterocycles. The van der Waals surface area contributed by atoms with E-state index < -0.39 is 5.63 Å². The highest BCUT2D eigenvalue weighted by Gasteiger charge is 2.17. The largest absolute Gasteiger partial charge is 0.506 e. The summed E-state index contributed by atoms with van der Waals surface area (Å²) in [6.45, 7) is 0.170. The number of rotatable bonds is 4. The van der Waals surface area contributed by atoms with Gasteiger partial charge in [-0.05, 0) is 23.8 Å². The molecule has 0 spiro atoms. The minimum absolute atomic E-state index is 0.0927. The van der Waals surface area contributed by atoms with E-state index >= 15 is 0 Å². The Balaban J connectivity index is 1.61. The summed E-state index contributed by atoms with van der Waals surface area (Å²) < 4.78 is 16.0. The van der Waals surface area contributed by atoms with Crippen molar-refractivity contribution in [2.24, 2.45) is 0 Å². The van der Waals surface area contributed by atoms with E-state index in [2.05, 4.69) is 0 Å². The molecule has 0 saturated carbocycles. The number of ether oxygens (including phenoxy) is 2. The van der Waals surface area contributed by atoms with E-state index in [0.29, 0.717) is 22.8 Å². The zero-order valence-electron chi connectivity index (χ0n) is 13.1. The molecule has 1 N–H and O–H groups in total. The van der Waals surface area contributed by atoms with Crippen LogP contribution in [0.25, 0.3) is 11.3 Å². The predicted molar refractivity (Wildman–Crippen MR) is 94.2 cm³/mol. The van der Waals surface area contributed by atoms with Crippen LogP contribution in [0.2, 0.25) is 0 Å². The molecule has 2 heterocycles. The molecule has 0 unspecified atom stereocenters. The average Bonchev–Trinajstić information content (AvgIpc) is 3.09. The third-order valence-electron chi connectivity index (χ3n) is 3.77. The summed E-state index contributed by atoms with van der Waals surface area (Å²) in [5.41, 5.74) is 1.14. The summed E-state index contributed by atoms with van der Waals surface area (Å²) in [4.78, 5) is 12.5. The standard InChI is InChI=1S/C19H14O5S/c20-14-9-16(13-6-7-15-17(8-13)23-11-22-15)24-19(21)18(14)25-10-12-4-2-1-3-5-12/h1-9,20H,10-11H2. The van der Waals surface area contributed by atoms with Gasteiger partial charge < -0.3 is 19.0 Å². The lowest BCUT2D eigenvalue weighted by Gasteiger charge is -2.06. The van der Waals surface area contributed by atoms with Crippen LogP contribution in [0, 0.1) is 0 Å². The first-order valence-corrected chi connectivity index (χ1v) is 8.63. The van der Waals surface area contributed by atoms with Gasteiger partial charge in [0.2, 0.25) is 6.79 Å². The molecular formula is C19H14O5S. The van der Waals surface area contributed by atoms with E-state index in [0.717, 1.165) is 5.56 Å². The molecule has 0 radical (unpaired) electrons. The molecule has 4 rings (SSSR count). The molecule has 2 aromatic carbocycles. The number of aromatic hydroxyl groups is 1. The molecule has 3 aromatic rings. The van der Waals surface area contributed by atoms with Gasteiger partial charge in [-0.2, -0.15) is 0 Å². The van der Waals surface area contributed by atoms with Crippen molar-refractivity contribution in [3.05, 3.63) is 70.6 Å². The first kappa shape index (κ1) is 15.7. The molecule has 0 atom stereocenters. The highest BCUT2D eigenvalue weighted by atomic mass is 32.2. The third-order valence-corrected chi connectivity index (χ3v) is 4.91. The second-order valence-corrected chi connectivity index (χ2v) is 6.44. The zero-order valence-corrected chi connectivity index (χ0v) is 13.9. The average molecular weight is 354 g/mol. The molecule has 25 heavy (non-hydrogen) atoms. The van der Waals surface area contributed by atoms with Crippen molar-refractivity contribution < 1.29 is 19.0 Å². The summed E-state index contributed by atoms with van der Waals surface area (Å²) >= 11 is 1.25.